The summed E-state index contributed by atoms with van der Waals surface area (Å²) >= 11 is 9.59. The maximum Gasteiger partial charge on any atom is 0.0563 e. The summed E-state index contributed by atoms with van der Waals surface area (Å²) in [6.07, 6.45) is 2.22. The Morgan fingerprint density at radius 1 is 1.21 bits per heavy atom. The van der Waals surface area contributed by atoms with E-state index in [9.17, 15) is 0 Å². The van der Waals surface area contributed by atoms with Gasteiger partial charge in [-0.1, -0.05) is 65.1 Å². The number of hydrogen-bond acceptors (Lipinski definition) is 1. The molecule has 0 aromatic heterocycles. The molecular weight excluding hydrogens is 322 g/mol. The van der Waals surface area contributed by atoms with Crippen LogP contribution in [-0.4, -0.2) is 0 Å². The van der Waals surface area contributed by atoms with E-state index in [1.54, 1.807) is 0 Å². The molecule has 1 atom stereocenters. The zero-order chi connectivity index (χ0) is 13.8. The average molecular weight is 339 g/mol. The molecule has 2 aromatic rings. The van der Waals surface area contributed by atoms with Crippen molar-refractivity contribution in [2.24, 2.45) is 5.73 Å². The van der Waals surface area contributed by atoms with Crippen LogP contribution in [-0.2, 0) is 6.42 Å². The third-order valence-electron chi connectivity index (χ3n) is 3.14. The van der Waals surface area contributed by atoms with Gasteiger partial charge >= 0.3 is 0 Å². The van der Waals surface area contributed by atoms with Gasteiger partial charge in [0, 0.05) is 9.50 Å². The summed E-state index contributed by atoms with van der Waals surface area (Å²) in [6.45, 7) is 2.18. The highest BCUT2D eigenvalue weighted by molar-refractivity contribution is 9.10. The molecule has 100 valence electrons. The molecule has 0 aliphatic heterocycles. The van der Waals surface area contributed by atoms with E-state index < -0.39 is 0 Å². The Bertz CT molecular complexity index is 568. The minimum absolute atomic E-state index is 0.162. The van der Waals surface area contributed by atoms with Gasteiger partial charge in [-0.15, -0.1) is 0 Å². The summed E-state index contributed by atoms with van der Waals surface area (Å²) in [5.74, 6) is 0. The number of benzene rings is 2. The Morgan fingerprint density at radius 2 is 2.00 bits per heavy atom. The molecule has 0 amide bonds. The van der Waals surface area contributed by atoms with E-state index in [-0.39, 0.29) is 6.04 Å². The van der Waals surface area contributed by atoms with Crippen LogP contribution in [0.5, 0.6) is 0 Å². The van der Waals surface area contributed by atoms with Gasteiger partial charge in [0.25, 0.3) is 0 Å². The lowest BCUT2D eigenvalue weighted by molar-refractivity contribution is 0.854. The Kier molecular flexibility index (Phi) is 5.03. The summed E-state index contributed by atoms with van der Waals surface area (Å²) in [5.41, 5.74) is 9.82. The van der Waals surface area contributed by atoms with E-state index in [0.717, 1.165) is 28.4 Å². The van der Waals surface area contributed by atoms with Crippen LogP contribution in [0.25, 0.3) is 0 Å². The number of rotatable bonds is 4. The van der Waals surface area contributed by atoms with Crippen LogP contribution >= 0.6 is 27.5 Å². The molecular formula is C16H17BrClN. The fourth-order valence-electron chi connectivity index (χ4n) is 2.16. The van der Waals surface area contributed by atoms with Gasteiger partial charge in [0.05, 0.1) is 6.04 Å². The maximum absolute atomic E-state index is 6.36. The predicted octanol–water partition coefficient (Wildman–Crippen LogP) is 5.10. The molecule has 2 rings (SSSR count). The number of aryl methyl sites for hydroxylation is 1. The lowest BCUT2D eigenvalue weighted by atomic mass is 9.97. The zero-order valence-corrected chi connectivity index (χ0v) is 13.2. The second-order valence-corrected chi connectivity index (χ2v) is 5.93. The van der Waals surface area contributed by atoms with E-state index in [1.807, 2.05) is 18.2 Å². The normalized spacial score (nSPS) is 12.4. The van der Waals surface area contributed by atoms with E-state index in [2.05, 4.69) is 47.1 Å². The monoisotopic (exact) mass is 337 g/mol. The third-order valence-corrected chi connectivity index (χ3v) is 4.10. The summed E-state index contributed by atoms with van der Waals surface area (Å²) in [7, 11) is 0. The van der Waals surface area contributed by atoms with Crippen molar-refractivity contribution in [2.45, 2.75) is 25.8 Å². The molecule has 0 aliphatic carbocycles. The molecule has 1 nitrogen and oxygen atoms in total. The molecule has 19 heavy (non-hydrogen) atoms. The molecule has 2 aromatic carbocycles. The largest absolute Gasteiger partial charge is 0.320 e. The smallest absolute Gasteiger partial charge is 0.0563 e. The first-order chi connectivity index (χ1) is 9.11. The molecule has 0 bridgehead atoms. The standard InChI is InChI=1S/C16H17BrClN/c1-2-4-11-5-3-6-12(9-11)16(19)14-10-13(18)7-8-15(14)17/h3,5-10,16H,2,4,19H2,1H3. The van der Waals surface area contributed by atoms with Crippen LogP contribution in [0.15, 0.2) is 46.9 Å². The highest BCUT2D eigenvalue weighted by Gasteiger charge is 2.13. The molecule has 0 saturated heterocycles. The summed E-state index contributed by atoms with van der Waals surface area (Å²) in [6, 6.07) is 14.0. The maximum atomic E-state index is 6.36. The molecule has 3 heteroatoms. The van der Waals surface area contributed by atoms with Gasteiger partial charge in [0.2, 0.25) is 0 Å². The van der Waals surface area contributed by atoms with E-state index in [4.69, 9.17) is 17.3 Å². The Morgan fingerprint density at radius 3 is 2.74 bits per heavy atom. The van der Waals surface area contributed by atoms with Crippen LogP contribution in [0.3, 0.4) is 0 Å². The number of hydrogen-bond donors (Lipinski definition) is 1. The fraction of sp³-hybridized carbons (Fsp3) is 0.250. The molecule has 1 unspecified atom stereocenters. The Hall–Kier alpha value is -0.830. The van der Waals surface area contributed by atoms with Gasteiger partial charge in [0.1, 0.15) is 0 Å². The molecule has 2 N–H and O–H groups in total. The van der Waals surface area contributed by atoms with Crippen molar-refractivity contribution in [3.05, 3.63) is 68.7 Å². The SMILES string of the molecule is CCCc1cccc(C(N)c2cc(Cl)ccc2Br)c1. The zero-order valence-electron chi connectivity index (χ0n) is 10.9. The second-order valence-electron chi connectivity index (χ2n) is 4.64. The fourth-order valence-corrected chi connectivity index (χ4v) is 2.84. The van der Waals surface area contributed by atoms with Crippen molar-refractivity contribution in [1.29, 1.82) is 0 Å². The van der Waals surface area contributed by atoms with Crippen molar-refractivity contribution >= 4 is 27.5 Å². The molecule has 0 fully saturated rings. The lowest BCUT2D eigenvalue weighted by Gasteiger charge is -2.16. The lowest BCUT2D eigenvalue weighted by Crippen LogP contribution is -2.12. The van der Waals surface area contributed by atoms with Crippen LogP contribution in [0, 0.1) is 0 Å². The quantitative estimate of drug-likeness (QED) is 0.824. The molecule has 0 saturated carbocycles. The first kappa shape index (κ1) is 14.6. The van der Waals surface area contributed by atoms with Crippen molar-refractivity contribution < 1.29 is 0 Å². The van der Waals surface area contributed by atoms with Crippen LogP contribution in [0.4, 0.5) is 0 Å². The van der Waals surface area contributed by atoms with Gasteiger partial charge < -0.3 is 5.73 Å². The molecule has 0 aliphatic rings. The summed E-state index contributed by atoms with van der Waals surface area (Å²) in [4.78, 5) is 0. The van der Waals surface area contributed by atoms with Crippen LogP contribution in [0.2, 0.25) is 5.02 Å². The van der Waals surface area contributed by atoms with Gasteiger partial charge in [-0.25, -0.2) is 0 Å². The number of nitrogens with two attached hydrogens (primary N) is 1. The first-order valence-electron chi connectivity index (χ1n) is 6.41. The highest BCUT2D eigenvalue weighted by Crippen LogP contribution is 2.29. The predicted molar refractivity (Wildman–Crippen MR) is 85.6 cm³/mol. The van der Waals surface area contributed by atoms with Crippen molar-refractivity contribution in [2.75, 3.05) is 0 Å². The third kappa shape index (κ3) is 3.59. The van der Waals surface area contributed by atoms with E-state index >= 15 is 0 Å². The van der Waals surface area contributed by atoms with Crippen LogP contribution in [0.1, 0.15) is 36.1 Å². The summed E-state index contributed by atoms with van der Waals surface area (Å²) < 4.78 is 0.991. The minimum Gasteiger partial charge on any atom is -0.320 e. The van der Waals surface area contributed by atoms with Crippen molar-refractivity contribution in [3.63, 3.8) is 0 Å². The van der Waals surface area contributed by atoms with Crippen molar-refractivity contribution in [1.82, 2.24) is 0 Å². The van der Waals surface area contributed by atoms with E-state index in [0.29, 0.717) is 5.02 Å². The topological polar surface area (TPSA) is 26.0 Å². The molecule has 0 heterocycles. The Labute approximate surface area is 127 Å². The summed E-state index contributed by atoms with van der Waals surface area (Å²) in [5, 5.41) is 0.707. The average Bonchev–Trinajstić information content (AvgIpc) is 2.41. The van der Waals surface area contributed by atoms with E-state index in [1.165, 1.54) is 5.56 Å². The molecule has 0 radical (unpaired) electrons. The van der Waals surface area contributed by atoms with Gasteiger partial charge in [-0.05, 0) is 41.3 Å². The van der Waals surface area contributed by atoms with Gasteiger partial charge in [0.15, 0.2) is 0 Å². The molecule has 0 spiro atoms. The van der Waals surface area contributed by atoms with Gasteiger partial charge in [-0.2, -0.15) is 0 Å². The van der Waals surface area contributed by atoms with Gasteiger partial charge in [-0.3, -0.25) is 0 Å². The first-order valence-corrected chi connectivity index (χ1v) is 7.58. The number of halogens is 2. The highest BCUT2D eigenvalue weighted by atomic mass is 79.9. The Balaban J connectivity index is 2.35. The minimum atomic E-state index is -0.162. The van der Waals surface area contributed by atoms with Crippen LogP contribution < -0.4 is 5.73 Å². The second kappa shape index (κ2) is 6.56. The van der Waals surface area contributed by atoms with Crippen molar-refractivity contribution in [3.8, 4) is 0 Å².